The van der Waals surface area contributed by atoms with Gasteiger partial charge in [-0.05, 0) is 12.1 Å². The Morgan fingerprint density at radius 1 is 1.53 bits per heavy atom. The Labute approximate surface area is 126 Å². The highest BCUT2D eigenvalue weighted by Gasteiger charge is 2.12. The molecule has 0 aliphatic carbocycles. The Morgan fingerprint density at radius 2 is 2.21 bits per heavy atom. The van der Waals surface area contributed by atoms with Gasteiger partial charge in [0.1, 0.15) is 22.4 Å². The van der Waals surface area contributed by atoms with Crippen LogP contribution in [0.25, 0.3) is 0 Å². The van der Waals surface area contributed by atoms with E-state index in [1.54, 1.807) is 18.2 Å². The lowest BCUT2D eigenvalue weighted by Gasteiger charge is -2.10. The summed E-state index contributed by atoms with van der Waals surface area (Å²) in [6.07, 6.45) is 1.63. The predicted octanol–water partition coefficient (Wildman–Crippen LogP) is 4.64. The molecule has 0 saturated carbocycles. The normalized spacial score (nSPS) is 11.2. The molecule has 0 saturated heterocycles. The van der Waals surface area contributed by atoms with E-state index in [0.717, 1.165) is 0 Å². The van der Waals surface area contributed by atoms with Crippen molar-refractivity contribution in [1.82, 2.24) is 0 Å². The van der Waals surface area contributed by atoms with Crippen LogP contribution >= 0.6 is 35.4 Å². The maximum absolute atomic E-state index is 9.68. The second-order valence-corrected chi connectivity index (χ2v) is 4.68. The SMILES string of the molecule is C=CC/C(O)=C(\C#N)C(=S)Nc1cccc(Cl)c1Cl. The van der Waals surface area contributed by atoms with E-state index in [-0.39, 0.29) is 22.7 Å². The van der Waals surface area contributed by atoms with Crippen LogP contribution in [0, 0.1) is 11.3 Å². The first kappa shape index (κ1) is 15.5. The average molecular weight is 313 g/mol. The Hall–Kier alpha value is -1.54. The molecule has 3 nitrogen and oxygen atoms in total. The van der Waals surface area contributed by atoms with Crippen molar-refractivity contribution < 1.29 is 5.11 Å². The van der Waals surface area contributed by atoms with Gasteiger partial charge in [0.05, 0.1) is 15.7 Å². The number of rotatable bonds is 4. The Morgan fingerprint density at radius 3 is 2.79 bits per heavy atom. The van der Waals surface area contributed by atoms with Crippen molar-refractivity contribution in [3.05, 3.63) is 52.2 Å². The fraction of sp³-hybridized carbons (Fsp3) is 0.0769. The van der Waals surface area contributed by atoms with Crippen molar-refractivity contribution in [2.24, 2.45) is 0 Å². The van der Waals surface area contributed by atoms with Gasteiger partial charge in [-0.3, -0.25) is 0 Å². The topological polar surface area (TPSA) is 56.0 Å². The van der Waals surface area contributed by atoms with Gasteiger partial charge in [0.2, 0.25) is 0 Å². The van der Waals surface area contributed by atoms with Gasteiger partial charge in [-0.25, -0.2) is 0 Å². The number of hydrogen-bond donors (Lipinski definition) is 2. The lowest BCUT2D eigenvalue weighted by molar-refractivity contribution is 0.399. The number of nitrogens with zero attached hydrogens (tertiary/aromatic N) is 1. The molecule has 1 aromatic carbocycles. The molecule has 0 amide bonds. The molecule has 19 heavy (non-hydrogen) atoms. The first-order valence-corrected chi connectivity index (χ1v) is 6.36. The van der Waals surface area contributed by atoms with Crippen LogP contribution in [0.1, 0.15) is 6.42 Å². The molecule has 0 aromatic heterocycles. The number of nitrogens with one attached hydrogen (secondary N) is 1. The number of aliphatic hydroxyl groups excluding tert-OH is 1. The van der Waals surface area contributed by atoms with E-state index in [4.69, 9.17) is 40.7 Å². The second-order valence-electron chi connectivity index (χ2n) is 3.48. The first-order valence-electron chi connectivity index (χ1n) is 5.19. The maximum Gasteiger partial charge on any atom is 0.125 e. The lowest BCUT2D eigenvalue weighted by Crippen LogP contribution is -2.13. The zero-order valence-electron chi connectivity index (χ0n) is 9.78. The van der Waals surface area contributed by atoms with Crippen LogP contribution in [0.2, 0.25) is 10.0 Å². The monoisotopic (exact) mass is 312 g/mol. The number of benzene rings is 1. The van der Waals surface area contributed by atoms with E-state index in [2.05, 4.69) is 11.9 Å². The van der Waals surface area contributed by atoms with Gasteiger partial charge in [-0.2, -0.15) is 5.26 Å². The summed E-state index contributed by atoms with van der Waals surface area (Å²) in [5.74, 6) is -0.145. The number of aliphatic hydroxyl groups is 1. The predicted molar refractivity (Wildman–Crippen MR) is 82.8 cm³/mol. The van der Waals surface area contributed by atoms with Gasteiger partial charge < -0.3 is 10.4 Å². The van der Waals surface area contributed by atoms with Crippen molar-refractivity contribution >= 4 is 46.1 Å². The van der Waals surface area contributed by atoms with E-state index in [1.165, 1.54) is 6.08 Å². The number of anilines is 1. The Bertz CT molecular complexity index is 591. The second kappa shape index (κ2) is 7.15. The quantitative estimate of drug-likeness (QED) is 0.279. The molecular weight excluding hydrogens is 303 g/mol. The number of halogens is 2. The van der Waals surface area contributed by atoms with Crippen molar-refractivity contribution in [3.63, 3.8) is 0 Å². The molecule has 0 aliphatic rings. The van der Waals surface area contributed by atoms with E-state index in [0.29, 0.717) is 15.7 Å². The molecule has 6 heteroatoms. The van der Waals surface area contributed by atoms with Crippen LogP contribution in [0.5, 0.6) is 0 Å². The minimum atomic E-state index is -0.145. The fourth-order valence-corrected chi connectivity index (χ4v) is 1.89. The van der Waals surface area contributed by atoms with Gasteiger partial charge >= 0.3 is 0 Å². The lowest BCUT2D eigenvalue weighted by atomic mass is 10.2. The van der Waals surface area contributed by atoms with Crippen LogP contribution < -0.4 is 5.32 Å². The molecule has 0 heterocycles. The maximum atomic E-state index is 9.68. The molecule has 2 N–H and O–H groups in total. The average Bonchev–Trinajstić information content (AvgIpc) is 2.36. The highest BCUT2D eigenvalue weighted by atomic mass is 35.5. The zero-order valence-corrected chi connectivity index (χ0v) is 12.1. The largest absolute Gasteiger partial charge is 0.510 e. The van der Waals surface area contributed by atoms with Gasteiger partial charge in [0, 0.05) is 6.42 Å². The van der Waals surface area contributed by atoms with E-state index in [1.807, 2.05) is 6.07 Å². The molecule has 0 radical (unpaired) electrons. The van der Waals surface area contributed by atoms with Gasteiger partial charge in [0.15, 0.2) is 0 Å². The molecule has 1 aromatic rings. The number of hydrogen-bond acceptors (Lipinski definition) is 3. The summed E-state index contributed by atoms with van der Waals surface area (Å²) in [6.45, 7) is 3.48. The van der Waals surface area contributed by atoms with E-state index in [9.17, 15) is 5.11 Å². The third-order valence-corrected chi connectivity index (χ3v) is 3.29. The van der Waals surface area contributed by atoms with Crippen molar-refractivity contribution in [3.8, 4) is 6.07 Å². The summed E-state index contributed by atoms with van der Waals surface area (Å²) in [6, 6.07) is 6.84. The van der Waals surface area contributed by atoms with Crippen LogP contribution in [0.3, 0.4) is 0 Å². The highest BCUT2D eigenvalue weighted by Crippen LogP contribution is 2.30. The van der Waals surface area contributed by atoms with Crippen molar-refractivity contribution in [1.29, 1.82) is 5.26 Å². The summed E-state index contributed by atoms with van der Waals surface area (Å²) in [4.78, 5) is 0.0750. The van der Waals surface area contributed by atoms with Crippen LogP contribution in [0.4, 0.5) is 5.69 Å². The van der Waals surface area contributed by atoms with E-state index < -0.39 is 0 Å². The minimum Gasteiger partial charge on any atom is -0.510 e. The summed E-state index contributed by atoms with van der Waals surface area (Å²) < 4.78 is 0. The Kier molecular flexibility index (Phi) is 5.84. The molecule has 0 bridgehead atoms. The Balaban J connectivity index is 3.02. The number of allylic oxidation sites excluding steroid dienone is 1. The van der Waals surface area contributed by atoms with Crippen LogP contribution in [-0.4, -0.2) is 10.1 Å². The van der Waals surface area contributed by atoms with Crippen molar-refractivity contribution in [2.75, 3.05) is 5.32 Å². The number of thiocarbonyl (C=S) groups is 1. The summed E-state index contributed by atoms with van der Waals surface area (Å²) in [5.41, 5.74) is 0.448. The summed E-state index contributed by atoms with van der Waals surface area (Å²) in [5, 5.41) is 22.1. The number of nitriles is 1. The molecule has 98 valence electrons. The summed E-state index contributed by atoms with van der Waals surface area (Å²) >= 11 is 16.9. The summed E-state index contributed by atoms with van der Waals surface area (Å²) in [7, 11) is 0. The van der Waals surface area contributed by atoms with Crippen LogP contribution in [0.15, 0.2) is 42.2 Å². The third kappa shape index (κ3) is 3.97. The smallest absolute Gasteiger partial charge is 0.125 e. The molecule has 0 atom stereocenters. The molecule has 0 spiro atoms. The fourth-order valence-electron chi connectivity index (χ4n) is 1.27. The molecular formula is C13H10Cl2N2OS. The van der Waals surface area contributed by atoms with Gasteiger partial charge in [-0.1, -0.05) is 47.6 Å². The van der Waals surface area contributed by atoms with Gasteiger partial charge in [0.25, 0.3) is 0 Å². The minimum absolute atomic E-state index is 0.0223. The molecule has 0 fully saturated rings. The van der Waals surface area contributed by atoms with Crippen LogP contribution in [-0.2, 0) is 0 Å². The van der Waals surface area contributed by atoms with E-state index >= 15 is 0 Å². The molecule has 0 unspecified atom stereocenters. The standard InChI is InChI=1S/C13H10Cl2N2OS/c1-2-4-11(18)8(7-16)13(19)17-10-6-3-5-9(14)12(10)15/h2-3,5-6,18H,1,4H2,(H,17,19)/b11-8-. The molecule has 0 aliphatic heterocycles. The first-order chi connectivity index (χ1) is 9.01. The molecule has 1 rings (SSSR count). The van der Waals surface area contributed by atoms with Gasteiger partial charge in [-0.15, -0.1) is 6.58 Å². The third-order valence-electron chi connectivity index (χ3n) is 2.16. The van der Waals surface area contributed by atoms with Crippen molar-refractivity contribution in [2.45, 2.75) is 6.42 Å². The highest BCUT2D eigenvalue weighted by molar-refractivity contribution is 7.81. The zero-order chi connectivity index (χ0) is 14.4.